The van der Waals surface area contributed by atoms with E-state index in [1.807, 2.05) is 0 Å². The van der Waals surface area contributed by atoms with Crippen LogP contribution >= 0.6 is 0 Å². The molecule has 1 saturated carbocycles. The van der Waals surface area contributed by atoms with Crippen molar-refractivity contribution in [3.05, 3.63) is 42.5 Å². The summed E-state index contributed by atoms with van der Waals surface area (Å²) in [6.07, 6.45) is 4.08. The predicted molar refractivity (Wildman–Crippen MR) is 76.9 cm³/mol. The molecule has 1 fully saturated rings. The fraction of sp³-hybridized carbons (Fsp3) is 0.500. The van der Waals surface area contributed by atoms with Crippen molar-refractivity contribution >= 4 is 14.7 Å². The van der Waals surface area contributed by atoms with E-state index in [2.05, 4.69) is 50.8 Å². The zero-order chi connectivity index (χ0) is 12.3. The monoisotopic (exact) mass is 242 g/mol. The van der Waals surface area contributed by atoms with Gasteiger partial charge in [0.1, 0.15) is 0 Å². The molecular weight excluding hydrogens is 220 g/mol. The van der Waals surface area contributed by atoms with E-state index in [1.54, 1.807) is 0 Å². The van der Waals surface area contributed by atoms with Crippen molar-refractivity contribution in [3.63, 3.8) is 0 Å². The third-order valence-corrected chi connectivity index (χ3v) is 5.86. The first-order valence-corrected chi connectivity index (χ1v) is 7.71. The molecule has 0 aliphatic heterocycles. The molecule has 2 radical (unpaired) electrons. The van der Waals surface area contributed by atoms with Crippen molar-refractivity contribution < 1.29 is 0 Å². The predicted octanol–water partition coefficient (Wildman–Crippen LogP) is 3.82. The topological polar surface area (TPSA) is 0 Å². The highest BCUT2D eigenvalue weighted by molar-refractivity contribution is 6.55. The maximum Gasteiger partial charge on any atom is 0.0845 e. The van der Waals surface area contributed by atoms with E-state index in [-0.39, 0.29) is 0 Å². The van der Waals surface area contributed by atoms with Crippen LogP contribution in [0.25, 0.3) is 0 Å². The van der Waals surface area contributed by atoms with E-state index in [1.165, 1.54) is 30.0 Å². The molecule has 0 aromatic heterocycles. The maximum atomic E-state index is 4.15. The first kappa shape index (κ1) is 12.6. The molecule has 0 nitrogen and oxygen atoms in total. The third-order valence-electron chi connectivity index (χ3n) is 4.02. The lowest BCUT2D eigenvalue weighted by atomic mass is 9.79. The van der Waals surface area contributed by atoms with E-state index in [4.69, 9.17) is 0 Å². The summed E-state index contributed by atoms with van der Waals surface area (Å²) >= 11 is 0. The minimum Gasteiger partial charge on any atom is -0.0999 e. The summed E-state index contributed by atoms with van der Waals surface area (Å²) in [7, 11) is 0.972. The highest BCUT2D eigenvalue weighted by Crippen LogP contribution is 2.39. The van der Waals surface area contributed by atoms with Gasteiger partial charge in [-0.3, -0.25) is 0 Å². The van der Waals surface area contributed by atoms with Crippen molar-refractivity contribution in [2.75, 3.05) is 0 Å². The van der Waals surface area contributed by atoms with Crippen molar-refractivity contribution in [3.8, 4) is 0 Å². The summed E-state index contributed by atoms with van der Waals surface area (Å²) in [6.45, 7) is 8.77. The molecule has 1 heteroatoms. The highest BCUT2D eigenvalue weighted by Gasteiger charge is 2.28. The molecule has 2 rings (SSSR count). The Morgan fingerprint density at radius 1 is 1.24 bits per heavy atom. The normalized spacial score (nSPS) is 28.9. The Kier molecular flexibility index (Phi) is 4.22. The van der Waals surface area contributed by atoms with Gasteiger partial charge in [0, 0.05) is 0 Å². The van der Waals surface area contributed by atoms with Gasteiger partial charge in [0.15, 0.2) is 0 Å². The van der Waals surface area contributed by atoms with Crippen molar-refractivity contribution in [2.24, 2.45) is 11.8 Å². The molecule has 0 spiro atoms. The van der Waals surface area contributed by atoms with Crippen LogP contribution in [-0.2, 0) is 0 Å². The molecule has 90 valence electrons. The van der Waals surface area contributed by atoms with Gasteiger partial charge in [0.2, 0.25) is 0 Å². The van der Waals surface area contributed by atoms with Crippen LogP contribution in [0.3, 0.4) is 0 Å². The van der Waals surface area contributed by atoms with Crippen LogP contribution in [0.1, 0.15) is 33.1 Å². The fourth-order valence-electron chi connectivity index (χ4n) is 2.72. The van der Waals surface area contributed by atoms with E-state index in [9.17, 15) is 0 Å². The molecule has 0 amide bonds. The van der Waals surface area contributed by atoms with Gasteiger partial charge in [0.25, 0.3) is 0 Å². The van der Waals surface area contributed by atoms with Gasteiger partial charge in [-0.1, -0.05) is 61.0 Å². The van der Waals surface area contributed by atoms with Crippen molar-refractivity contribution in [1.82, 2.24) is 0 Å². The molecule has 1 aromatic carbocycles. The maximum absolute atomic E-state index is 4.15. The Labute approximate surface area is 108 Å². The second-order valence-corrected chi connectivity index (χ2v) is 7.06. The summed E-state index contributed by atoms with van der Waals surface area (Å²) in [4.78, 5) is 0. The fourth-order valence-corrected chi connectivity index (χ4v) is 4.39. The largest absolute Gasteiger partial charge is 0.0999 e. The molecule has 0 heterocycles. The lowest BCUT2D eigenvalue weighted by Gasteiger charge is -2.34. The highest BCUT2D eigenvalue weighted by atomic mass is 28.2. The van der Waals surface area contributed by atoms with Crippen LogP contribution < -0.4 is 5.19 Å². The molecule has 0 bridgehead atoms. The summed E-state index contributed by atoms with van der Waals surface area (Å²) < 4.78 is 0. The van der Waals surface area contributed by atoms with Gasteiger partial charge < -0.3 is 0 Å². The number of hydrogen-bond acceptors (Lipinski definition) is 0. The van der Waals surface area contributed by atoms with Gasteiger partial charge in [-0.2, -0.15) is 0 Å². The van der Waals surface area contributed by atoms with Crippen LogP contribution in [-0.4, -0.2) is 9.52 Å². The second kappa shape index (κ2) is 5.68. The summed E-state index contributed by atoms with van der Waals surface area (Å²) in [5.41, 5.74) is 2.26. The molecule has 0 N–H and O–H groups in total. The molecule has 1 aliphatic carbocycles. The Morgan fingerprint density at radius 2 is 1.94 bits per heavy atom. The second-order valence-electron chi connectivity index (χ2n) is 5.45. The molecular formula is C16H22Si. The molecule has 1 aromatic rings. The van der Waals surface area contributed by atoms with Crippen molar-refractivity contribution in [1.29, 1.82) is 0 Å². The van der Waals surface area contributed by atoms with Crippen LogP contribution in [0.15, 0.2) is 42.5 Å². The van der Waals surface area contributed by atoms with Gasteiger partial charge in [-0.25, -0.2) is 0 Å². The quantitative estimate of drug-likeness (QED) is 0.558. The minimum atomic E-state index is 0.771. The van der Waals surface area contributed by atoms with Gasteiger partial charge in [-0.15, -0.1) is 0 Å². The van der Waals surface area contributed by atoms with E-state index in [0.717, 1.165) is 26.9 Å². The zero-order valence-corrected chi connectivity index (χ0v) is 11.9. The van der Waals surface area contributed by atoms with E-state index in [0.29, 0.717) is 0 Å². The average molecular weight is 242 g/mol. The smallest absolute Gasteiger partial charge is 0.0845 e. The average Bonchev–Trinajstić information content (AvgIpc) is 2.33. The Morgan fingerprint density at radius 3 is 2.59 bits per heavy atom. The number of rotatable bonds is 3. The van der Waals surface area contributed by atoms with E-state index >= 15 is 0 Å². The van der Waals surface area contributed by atoms with Gasteiger partial charge >= 0.3 is 0 Å². The third kappa shape index (κ3) is 3.32. The number of benzene rings is 1. The summed E-state index contributed by atoms with van der Waals surface area (Å²) in [5, 5.41) is 1.52. The summed E-state index contributed by atoms with van der Waals surface area (Å²) in [6, 6.07) is 11.0. The van der Waals surface area contributed by atoms with E-state index < -0.39 is 0 Å². The van der Waals surface area contributed by atoms with Crippen LogP contribution in [0.5, 0.6) is 0 Å². The Balaban J connectivity index is 2.01. The Hall–Kier alpha value is -0.823. The SMILES string of the molecule is C=C(C)[C@@H]1CCC(C)C([Si]c2ccccc2)C1. The molecule has 2 unspecified atom stereocenters. The molecule has 3 atom stereocenters. The lowest BCUT2D eigenvalue weighted by Crippen LogP contribution is -2.29. The molecule has 17 heavy (non-hydrogen) atoms. The zero-order valence-electron chi connectivity index (χ0n) is 10.9. The van der Waals surface area contributed by atoms with Crippen LogP contribution in [0.4, 0.5) is 0 Å². The Bertz CT molecular complexity index is 368. The first-order valence-electron chi connectivity index (χ1n) is 6.64. The van der Waals surface area contributed by atoms with Gasteiger partial charge in [0.05, 0.1) is 9.52 Å². The van der Waals surface area contributed by atoms with Crippen molar-refractivity contribution in [2.45, 2.75) is 38.7 Å². The standard InChI is InChI=1S/C16H22Si/c1-12(2)14-10-9-13(3)16(11-14)17-15-7-5-4-6-8-15/h4-8,13-14,16H,1,9-11H2,2-3H3/t13?,14-,16?/m1/s1. The number of hydrogen-bond donors (Lipinski definition) is 0. The first-order chi connectivity index (χ1) is 8.16. The van der Waals surface area contributed by atoms with Crippen LogP contribution in [0.2, 0.25) is 5.54 Å². The molecule has 1 aliphatic rings. The summed E-state index contributed by atoms with van der Waals surface area (Å²) in [5.74, 6) is 1.65. The van der Waals surface area contributed by atoms with Gasteiger partial charge in [-0.05, 0) is 37.1 Å². The number of allylic oxidation sites excluding steroid dienone is 1. The minimum absolute atomic E-state index is 0.771. The van der Waals surface area contributed by atoms with Crippen LogP contribution in [0, 0.1) is 11.8 Å². The molecule has 0 saturated heterocycles. The lowest BCUT2D eigenvalue weighted by molar-refractivity contribution is 0.320.